The van der Waals surface area contributed by atoms with Gasteiger partial charge in [-0.25, -0.2) is 0 Å². The van der Waals surface area contributed by atoms with Crippen LogP contribution in [0, 0.1) is 5.92 Å². The monoisotopic (exact) mass is 276 g/mol. The minimum absolute atomic E-state index is 0.0683. The van der Waals surface area contributed by atoms with Crippen molar-refractivity contribution in [1.29, 1.82) is 0 Å². The number of benzene rings is 1. The predicted molar refractivity (Wildman–Crippen MR) is 83.4 cm³/mol. The van der Waals surface area contributed by atoms with E-state index in [4.69, 9.17) is 5.73 Å². The molecule has 1 aromatic rings. The van der Waals surface area contributed by atoms with Crippen molar-refractivity contribution in [3.05, 3.63) is 35.9 Å². The van der Waals surface area contributed by atoms with Crippen molar-refractivity contribution in [2.24, 2.45) is 11.7 Å². The fourth-order valence-electron chi connectivity index (χ4n) is 3.31. The van der Waals surface area contributed by atoms with Crippen molar-refractivity contribution in [1.82, 2.24) is 4.90 Å². The highest BCUT2D eigenvalue weighted by Gasteiger charge is 2.25. The Morgan fingerprint density at radius 3 is 2.50 bits per heavy atom. The molecule has 0 bridgehead atoms. The third-order valence-corrected chi connectivity index (χ3v) is 4.55. The normalized spacial score (nSPS) is 19.4. The van der Waals surface area contributed by atoms with Crippen LogP contribution in [0.25, 0.3) is 0 Å². The SMILES string of the molecule is CC(CN(CCO)C1CCCC1)C(N)c1ccccc1. The molecule has 0 amide bonds. The number of nitrogens with two attached hydrogens (primary N) is 1. The lowest BCUT2D eigenvalue weighted by atomic mass is 9.94. The third-order valence-electron chi connectivity index (χ3n) is 4.55. The van der Waals surface area contributed by atoms with E-state index in [-0.39, 0.29) is 12.6 Å². The summed E-state index contributed by atoms with van der Waals surface area (Å²) in [6.45, 7) is 4.21. The summed E-state index contributed by atoms with van der Waals surface area (Å²) in [6.07, 6.45) is 5.19. The van der Waals surface area contributed by atoms with Gasteiger partial charge >= 0.3 is 0 Å². The number of hydrogen-bond donors (Lipinski definition) is 2. The molecule has 0 aliphatic heterocycles. The Bertz CT molecular complexity index is 376. The van der Waals surface area contributed by atoms with Crippen molar-refractivity contribution in [2.45, 2.75) is 44.7 Å². The van der Waals surface area contributed by atoms with Gasteiger partial charge in [0.05, 0.1) is 6.61 Å². The summed E-state index contributed by atoms with van der Waals surface area (Å²) in [6, 6.07) is 11.0. The smallest absolute Gasteiger partial charge is 0.0558 e. The van der Waals surface area contributed by atoms with E-state index in [0.29, 0.717) is 12.0 Å². The van der Waals surface area contributed by atoms with Gasteiger partial charge in [-0.1, -0.05) is 50.1 Å². The molecule has 20 heavy (non-hydrogen) atoms. The number of rotatable bonds is 7. The van der Waals surface area contributed by atoms with Gasteiger partial charge in [-0.05, 0) is 24.3 Å². The first-order chi connectivity index (χ1) is 9.72. The summed E-state index contributed by atoms with van der Waals surface area (Å²) in [4.78, 5) is 2.44. The van der Waals surface area contributed by atoms with Gasteiger partial charge in [0.1, 0.15) is 0 Å². The van der Waals surface area contributed by atoms with E-state index in [0.717, 1.165) is 13.1 Å². The van der Waals surface area contributed by atoms with Crippen molar-refractivity contribution in [3.8, 4) is 0 Å². The maximum absolute atomic E-state index is 9.29. The second-order valence-corrected chi connectivity index (χ2v) is 6.07. The summed E-state index contributed by atoms with van der Waals surface area (Å²) in [7, 11) is 0. The summed E-state index contributed by atoms with van der Waals surface area (Å²) < 4.78 is 0. The molecule has 1 aliphatic rings. The molecule has 3 heteroatoms. The molecule has 3 N–H and O–H groups in total. The highest BCUT2D eigenvalue weighted by atomic mass is 16.3. The predicted octanol–water partition coefficient (Wildman–Crippen LogP) is 2.56. The molecule has 1 saturated carbocycles. The highest BCUT2D eigenvalue weighted by Crippen LogP contribution is 2.26. The second kappa shape index (κ2) is 7.77. The molecular formula is C17H28N2O. The maximum atomic E-state index is 9.29. The molecule has 2 unspecified atom stereocenters. The summed E-state index contributed by atoms with van der Waals surface area (Å²) in [5.41, 5.74) is 7.60. The van der Waals surface area contributed by atoms with Crippen molar-refractivity contribution in [2.75, 3.05) is 19.7 Å². The Morgan fingerprint density at radius 1 is 1.25 bits per heavy atom. The molecule has 1 fully saturated rings. The van der Waals surface area contributed by atoms with Crippen LogP contribution in [-0.4, -0.2) is 35.7 Å². The van der Waals surface area contributed by atoms with Crippen LogP contribution in [0.4, 0.5) is 0 Å². The van der Waals surface area contributed by atoms with Crippen LogP contribution in [0.15, 0.2) is 30.3 Å². The Balaban J connectivity index is 1.95. The molecule has 1 aliphatic carbocycles. The van der Waals surface area contributed by atoms with E-state index in [1.807, 2.05) is 18.2 Å². The van der Waals surface area contributed by atoms with Crippen molar-refractivity contribution < 1.29 is 5.11 Å². The van der Waals surface area contributed by atoms with Gasteiger partial charge < -0.3 is 10.8 Å². The van der Waals surface area contributed by atoms with Crippen molar-refractivity contribution in [3.63, 3.8) is 0 Å². The molecule has 0 heterocycles. The molecule has 3 nitrogen and oxygen atoms in total. The molecule has 2 rings (SSSR count). The molecule has 1 aromatic carbocycles. The van der Waals surface area contributed by atoms with Crippen LogP contribution < -0.4 is 5.73 Å². The molecule has 0 spiro atoms. The zero-order chi connectivity index (χ0) is 14.4. The summed E-state index contributed by atoms with van der Waals surface area (Å²) in [5.74, 6) is 0.393. The van der Waals surface area contributed by atoms with Gasteiger partial charge in [-0.2, -0.15) is 0 Å². The Hall–Kier alpha value is -0.900. The number of hydrogen-bond acceptors (Lipinski definition) is 3. The van der Waals surface area contributed by atoms with E-state index in [2.05, 4.69) is 24.0 Å². The van der Waals surface area contributed by atoms with Gasteiger partial charge in [0.15, 0.2) is 0 Å². The lowest BCUT2D eigenvalue weighted by Crippen LogP contribution is -2.41. The minimum Gasteiger partial charge on any atom is -0.395 e. The van der Waals surface area contributed by atoms with E-state index < -0.39 is 0 Å². The first-order valence-electron chi connectivity index (χ1n) is 7.88. The second-order valence-electron chi connectivity index (χ2n) is 6.07. The zero-order valence-corrected chi connectivity index (χ0v) is 12.5. The Kier molecular flexibility index (Phi) is 6.02. The average molecular weight is 276 g/mol. The maximum Gasteiger partial charge on any atom is 0.0558 e. The highest BCUT2D eigenvalue weighted by molar-refractivity contribution is 5.19. The van der Waals surface area contributed by atoms with Gasteiger partial charge in [0.2, 0.25) is 0 Å². The average Bonchev–Trinajstić information content (AvgIpc) is 3.01. The molecule has 0 saturated heterocycles. The Labute approximate surface area is 122 Å². The zero-order valence-electron chi connectivity index (χ0n) is 12.5. The van der Waals surface area contributed by atoms with Crippen LogP contribution >= 0.6 is 0 Å². The topological polar surface area (TPSA) is 49.5 Å². The molecule has 0 aromatic heterocycles. The number of aliphatic hydroxyl groups is 1. The van der Waals surface area contributed by atoms with E-state index >= 15 is 0 Å². The van der Waals surface area contributed by atoms with Gasteiger partial charge in [-0.3, -0.25) is 4.90 Å². The van der Waals surface area contributed by atoms with E-state index in [1.165, 1.54) is 31.2 Å². The van der Waals surface area contributed by atoms with Crippen LogP contribution in [0.5, 0.6) is 0 Å². The third kappa shape index (κ3) is 4.05. The van der Waals surface area contributed by atoms with Crippen LogP contribution in [0.1, 0.15) is 44.2 Å². The molecule has 0 radical (unpaired) electrons. The van der Waals surface area contributed by atoms with Gasteiger partial charge in [0, 0.05) is 25.2 Å². The first-order valence-corrected chi connectivity index (χ1v) is 7.88. The van der Waals surface area contributed by atoms with E-state index in [9.17, 15) is 5.11 Å². The van der Waals surface area contributed by atoms with Gasteiger partial charge in [-0.15, -0.1) is 0 Å². The standard InChI is InChI=1S/C17H28N2O/c1-14(17(18)15-7-3-2-4-8-15)13-19(11-12-20)16-9-5-6-10-16/h2-4,7-8,14,16-17,20H,5-6,9-13,18H2,1H3. The molecule has 112 valence electrons. The number of aliphatic hydroxyl groups excluding tert-OH is 1. The Morgan fingerprint density at radius 2 is 1.90 bits per heavy atom. The lowest BCUT2D eigenvalue weighted by Gasteiger charge is -2.32. The lowest BCUT2D eigenvalue weighted by molar-refractivity contribution is 0.128. The first kappa shape index (κ1) is 15.5. The van der Waals surface area contributed by atoms with Crippen LogP contribution in [-0.2, 0) is 0 Å². The van der Waals surface area contributed by atoms with Crippen LogP contribution in [0.3, 0.4) is 0 Å². The number of nitrogens with zero attached hydrogens (tertiary/aromatic N) is 1. The quantitative estimate of drug-likeness (QED) is 0.804. The molecule has 2 atom stereocenters. The largest absolute Gasteiger partial charge is 0.395 e. The van der Waals surface area contributed by atoms with Gasteiger partial charge in [0.25, 0.3) is 0 Å². The molecular weight excluding hydrogens is 248 g/mol. The summed E-state index contributed by atoms with van der Waals surface area (Å²) >= 11 is 0. The van der Waals surface area contributed by atoms with Crippen molar-refractivity contribution >= 4 is 0 Å². The fraction of sp³-hybridized carbons (Fsp3) is 0.647. The van der Waals surface area contributed by atoms with E-state index in [1.54, 1.807) is 0 Å². The summed E-state index contributed by atoms with van der Waals surface area (Å²) in [5, 5.41) is 9.29. The van der Waals surface area contributed by atoms with Crippen LogP contribution in [0.2, 0.25) is 0 Å². The minimum atomic E-state index is 0.0683. The fourth-order valence-corrected chi connectivity index (χ4v) is 3.31.